The molecule has 2 atom stereocenters. The summed E-state index contributed by atoms with van der Waals surface area (Å²) in [6.07, 6.45) is 4.07. The highest BCUT2D eigenvalue weighted by atomic mass is 16.3. The van der Waals surface area contributed by atoms with Crippen molar-refractivity contribution in [2.45, 2.75) is 31.5 Å². The van der Waals surface area contributed by atoms with E-state index in [1.54, 1.807) is 0 Å². The van der Waals surface area contributed by atoms with Crippen molar-refractivity contribution in [2.75, 3.05) is 0 Å². The van der Waals surface area contributed by atoms with Gasteiger partial charge in [-0.2, -0.15) is 0 Å². The number of rotatable bonds is 8. The first-order valence-corrected chi connectivity index (χ1v) is 19.5. The number of furan rings is 1. The molecule has 3 heteroatoms. The van der Waals surface area contributed by atoms with Crippen LogP contribution >= 0.6 is 0 Å². The van der Waals surface area contributed by atoms with E-state index < -0.39 is 0 Å². The molecule has 1 aliphatic carbocycles. The number of benzene rings is 8. The maximum atomic E-state index is 6.78. The largest absolute Gasteiger partial charge is 0.455 e. The molecule has 0 bridgehead atoms. The highest BCUT2D eigenvalue weighted by Gasteiger charge is 2.37. The van der Waals surface area contributed by atoms with E-state index in [0.29, 0.717) is 0 Å². The summed E-state index contributed by atoms with van der Waals surface area (Å²) >= 11 is 0. The summed E-state index contributed by atoms with van der Waals surface area (Å²) < 4.78 is 6.36. The normalized spacial score (nSPS) is 14.3. The predicted octanol–water partition coefficient (Wildman–Crippen LogP) is 13.4. The molecule has 2 unspecified atom stereocenters. The van der Waals surface area contributed by atoms with Gasteiger partial charge in [-0.1, -0.05) is 184 Å². The lowest BCUT2D eigenvalue weighted by molar-refractivity contribution is 0.509. The molecule has 9 aromatic rings. The maximum Gasteiger partial charge on any atom is 0.143 e. The standard InChI is InChI=1S/C53H42N2O/c1-53(2)46-20-11-17-41(50(46)45-32-39-14-6-7-15-40(39)33-47(45)53)35-25-22-34(23-26-35)24-31-48(55-52(54)38-12-4-3-5-13-38)37-29-27-36(28-30-37)42-18-10-19-44-43-16-8-9-21-49(43)56-51(42)44/h3-33,48,52,55H,54H2,1-2H3/b31-24+. The zero-order valence-corrected chi connectivity index (χ0v) is 31.5. The molecule has 3 N–H and O–H groups in total. The van der Waals surface area contributed by atoms with Crippen molar-refractivity contribution in [3.05, 3.63) is 210 Å². The van der Waals surface area contributed by atoms with Gasteiger partial charge >= 0.3 is 0 Å². The Morgan fingerprint density at radius 2 is 1.20 bits per heavy atom. The van der Waals surface area contributed by atoms with Gasteiger partial charge in [-0.15, -0.1) is 0 Å². The van der Waals surface area contributed by atoms with Gasteiger partial charge in [0.1, 0.15) is 11.2 Å². The van der Waals surface area contributed by atoms with Crippen LogP contribution in [0.2, 0.25) is 0 Å². The molecule has 0 spiro atoms. The highest BCUT2D eigenvalue weighted by Crippen LogP contribution is 2.53. The number of para-hydroxylation sites is 2. The lowest BCUT2D eigenvalue weighted by Gasteiger charge is -2.22. The van der Waals surface area contributed by atoms with Crippen molar-refractivity contribution >= 4 is 38.8 Å². The molecule has 1 heterocycles. The second-order valence-corrected chi connectivity index (χ2v) is 15.5. The Morgan fingerprint density at radius 3 is 2.00 bits per heavy atom. The molecule has 0 saturated heterocycles. The van der Waals surface area contributed by atoms with Crippen LogP contribution in [0, 0.1) is 0 Å². The monoisotopic (exact) mass is 722 g/mol. The van der Waals surface area contributed by atoms with Crippen LogP contribution in [-0.2, 0) is 5.41 Å². The maximum absolute atomic E-state index is 6.78. The van der Waals surface area contributed by atoms with Crippen molar-refractivity contribution in [3.63, 3.8) is 0 Å². The summed E-state index contributed by atoms with van der Waals surface area (Å²) in [4.78, 5) is 0. The third kappa shape index (κ3) is 5.84. The molecule has 0 aliphatic heterocycles. The van der Waals surface area contributed by atoms with E-state index in [2.05, 4.69) is 177 Å². The zero-order valence-electron chi connectivity index (χ0n) is 31.5. The Kier molecular flexibility index (Phi) is 8.29. The summed E-state index contributed by atoms with van der Waals surface area (Å²) in [5, 5.41) is 8.52. The first-order chi connectivity index (χ1) is 27.4. The molecule has 0 radical (unpaired) electrons. The van der Waals surface area contributed by atoms with E-state index in [1.807, 2.05) is 30.3 Å². The molecule has 3 nitrogen and oxygen atoms in total. The van der Waals surface area contributed by atoms with Crippen LogP contribution in [0.5, 0.6) is 0 Å². The van der Waals surface area contributed by atoms with E-state index in [9.17, 15) is 0 Å². The van der Waals surface area contributed by atoms with E-state index in [4.69, 9.17) is 10.2 Å². The molecule has 0 fully saturated rings. The summed E-state index contributed by atoms with van der Waals surface area (Å²) in [7, 11) is 0. The van der Waals surface area contributed by atoms with Gasteiger partial charge in [-0.3, -0.25) is 5.32 Å². The highest BCUT2D eigenvalue weighted by molar-refractivity contribution is 6.09. The summed E-state index contributed by atoms with van der Waals surface area (Å²) in [5.74, 6) is 0. The van der Waals surface area contributed by atoms with Gasteiger partial charge in [-0.25, -0.2) is 0 Å². The van der Waals surface area contributed by atoms with Gasteiger partial charge in [0.25, 0.3) is 0 Å². The van der Waals surface area contributed by atoms with Crippen LogP contribution in [0.4, 0.5) is 0 Å². The van der Waals surface area contributed by atoms with Crippen LogP contribution in [0.15, 0.2) is 186 Å². The molecular formula is C53H42N2O. The molecule has 10 rings (SSSR count). The molecular weight excluding hydrogens is 681 g/mol. The number of hydrogen-bond acceptors (Lipinski definition) is 3. The molecule has 270 valence electrons. The lowest BCUT2D eigenvalue weighted by Crippen LogP contribution is -2.31. The fourth-order valence-corrected chi connectivity index (χ4v) is 8.75. The predicted molar refractivity (Wildman–Crippen MR) is 234 cm³/mol. The van der Waals surface area contributed by atoms with Gasteiger partial charge < -0.3 is 10.2 Å². The Morgan fingerprint density at radius 1 is 0.554 bits per heavy atom. The first kappa shape index (κ1) is 34.0. The van der Waals surface area contributed by atoms with Crippen molar-refractivity contribution in [3.8, 4) is 33.4 Å². The van der Waals surface area contributed by atoms with Crippen LogP contribution in [0.3, 0.4) is 0 Å². The minimum atomic E-state index is -0.346. The van der Waals surface area contributed by atoms with Gasteiger partial charge in [0.05, 0.1) is 12.2 Å². The molecule has 56 heavy (non-hydrogen) atoms. The molecule has 1 aromatic heterocycles. The lowest BCUT2D eigenvalue weighted by atomic mass is 9.81. The third-order valence-corrected chi connectivity index (χ3v) is 11.8. The van der Waals surface area contributed by atoms with Crippen LogP contribution < -0.4 is 11.1 Å². The van der Waals surface area contributed by atoms with Crippen molar-refractivity contribution < 1.29 is 4.42 Å². The third-order valence-electron chi connectivity index (χ3n) is 11.8. The number of nitrogens with one attached hydrogen (secondary N) is 1. The van der Waals surface area contributed by atoms with Crippen LogP contribution in [0.25, 0.3) is 72.2 Å². The smallest absolute Gasteiger partial charge is 0.143 e. The minimum absolute atomic E-state index is 0.0744. The Balaban J connectivity index is 0.969. The fraction of sp³-hybridized carbons (Fsp3) is 0.0943. The van der Waals surface area contributed by atoms with Gasteiger partial charge in [0.2, 0.25) is 0 Å². The van der Waals surface area contributed by atoms with Crippen LogP contribution in [0.1, 0.15) is 53.9 Å². The second-order valence-electron chi connectivity index (χ2n) is 15.5. The van der Waals surface area contributed by atoms with Gasteiger partial charge in [-0.05, 0) is 84.6 Å². The van der Waals surface area contributed by atoms with Gasteiger partial charge in [0, 0.05) is 21.8 Å². The van der Waals surface area contributed by atoms with E-state index in [0.717, 1.165) is 49.8 Å². The SMILES string of the molecule is CC1(C)c2cc3ccccc3cc2-c2c(-c3ccc(/C=C/C(NC(N)c4ccccc4)c4ccc(-c5cccc6c5oc5ccccc56)cc4)cc3)cccc21. The fourth-order valence-electron chi connectivity index (χ4n) is 8.75. The van der Waals surface area contributed by atoms with E-state index in [-0.39, 0.29) is 17.6 Å². The summed E-state index contributed by atoms with van der Waals surface area (Å²) in [5.41, 5.74) is 21.9. The Hall–Kier alpha value is -6.52. The van der Waals surface area contributed by atoms with Crippen LogP contribution in [-0.4, -0.2) is 0 Å². The topological polar surface area (TPSA) is 51.2 Å². The van der Waals surface area contributed by atoms with Gasteiger partial charge in [0.15, 0.2) is 0 Å². The molecule has 1 aliphatic rings. The molecule has 0 amide bonds. The zero-order chi connectivity index (χ0) is 37.8. The van der Waals surface area contributed by atoms with Crippen molar-refractivity contribution in [1.82, 2.24) is 5.32 Å². The number of hydrogen-bond donors (Lipinski definition) is 2. The second kappa shape index (κ2) is 13.6. The summed E-state index contributed by atoms with van der Waals surface area (Å²) in [6, 6.07) is 62.6. The van der Waals surface area contributed by atoms with Crippen molar-refractivity contribution in [2.24, 2.45) is 5.73 Å². The average molecular weight is 723 g/mol. The number of nitrogens with two attached hydrogens (primary N) is 1. The Labute approximate surface area is 327 Å². The first-order valence-electron chi connectivity index (χ1n) is 19.5. The minimum Gasteiger partial charge on any atom is -0.455 e. The van der Waals surface area contributed by atoms with E-state index >= 15 is 0 Å². The van der Waals surface area contributed by atoms with Crippen molar-refractivity contribution in [1.29, 1.82) is 0 Å². The average Bonchev–Trinajstić information content (AvgIpc) is 3.74. The molecule has 0 saturated carbocycles. The van der Waals surface area contributed by atoms with E-state index in [1.165, 1.54) is 44.2 Å². The number of fused-ring (bicyclic) bond motifs is 7. The molecule has 8 aromatic carbocycles. The quantitative estimate of drug-likeness (QED) is 0.154. The Bertz CT molecular complexity index is 2920. The summed E-state index contributed by atoms with van der Waals surface area (Å²) in [6.45, 7) is 4.71.